The molecule has 0 unspecified atom stereocenters. The molecule has 0 bridgehead atoms. The predicted molar refractivity (Wildman–Crippen MR) is 51.1 cm³/mol. The molecule has 0 fully saturated rings. The zero-order valence-electron chi connectivity index (χ0n) is 7.35. The first-order valence-electron chi connectivity index (χ1n) is 3.83. The third-order valence-electron chi connectivity index (χ3n) is 1.92. The SMILES string of the molecule is Cc1ccc(C(C)(C)CN)s1. The van der Waals surface area contributed by atoms with E-state index in [9.17, 15) is 0 Å². The number of thiophene rings is 1. The number of rotatable bonds is 2. The second kappa shape index (κ2) is 2.95. The molecule has 0 saturated heterocycles. The Bertz CT molecular complexity index is 237. The standard InChI is InChI=1S/C9H15NS/c1-7-4-5-8(11-7)9(2,3)6-10/h4-5H,6,10H2,1-3H3. The highest BCUT2D eigenvalue weighted by molar-refractivity contribution is 7.12. The summed E-state index contributed by atoms with van der Waals surface area (Å²) in [7, 11) is 0. The average Bonchev–Trinajstić information content (AvgIpc) is 2.36. The van der Waals surface area contributed by atoms with E-state index in [0.717, 1.165) is 0 Å². The Morgan fingerprint density at radius 1 is 1.45 bits per heavy atom. The molecule has 0 aliphatic heterocycles. The van der Waals surface area contributed by atoms with Crippen LogP contribution in [0.15, 0.2) is 12.1 Å². The maximum Gasteiger partial charge on any atom is 0.0117 e. The fraction of sp³-hybridized carbons (Fsp3) is 0.556. The van der Waals surface area contributed by atoms with E-state index in [0.29, 0.717) is 6.54 Å². The quantitative estimate of drug-likeness (QED) is 0.722. The maximum atomic E-state index is 5.65. The van der Waals surface area contributed by atoms with Crippen LogP contribution in [0.4, 0.5) is 0 Å². The van der Waals surface area contributed by atoms with Gasteiger partial charge < -0.3 is 5.73 Å². The molecule has 1 aromatic heterocycles. The van der Waals surface area contributed by atoms with Crippen LogP contribution in [0.5, 0.6) is 0 Å². The summed E-state index contributed by atoms with van der Waals surface area (Å²) in [6.07, 6.45) is 0. The van der Waals surface area contributed by atoms with Crippen molar-refractivity contribution in [1.82, 2.24) is 0 Å². The molecule has 0 atom stereocenters. The lowest BCUT2D eigenvalue weighted by Gasteiger charge is -2.19. The van der Waals surface area contributed by atoms with Gasteiger partial charge in [-0.15, -0.1) is 11.3 Å². The smallest absolute Gasteiger partial charge is 0.0117 e. The minimum Gasteiger partial charge on any atom is -0.330 e. The molecule has 62 valence electrons. The highest BCUT2D eigenvalue weighted by atomic mass is 32.1. The Morgan fingerprint density at radius 2 is 2.09 bits per heavy atom. The van der Waals surface area contributed by atoms with Gasteiger partial charge in [-0.1, -0.05) is 13.8 Å². The lowest BCUT2D eigenvalue weighted by Crippen LogP contribution is -2.26. The molecule has 0 aliphatic rings. The third-order valence-corrected chi connectivity index (χ3v) is 3.28. The zero-order valence-corrected chi connectivity index (χ0v) is 8.16. The Morgan fingerprint density at radius 3 is 2.45 bits per heavy atom. The molecular formula is C9H15NS. The summed E-state index contributed by atoms with van der Waals surface area (Å²) in [5, 5.41) is 0. The zero-order chi connectivity index (χ0) is 8.48. The molecule has 0 amide bonds. The Kier molecular flexibility index (Phi) is 2.35. The Hall–Kier alpha value is -0.340. The van der Waals surface area contributed by atoms with Crippen molar-refractivity contribution in [3.8, 4) is 0 Å². The van der Waals surface area contributed by atoms with Crippen molar-refractivity contribution in [3.05, 3.63) is 21.9 Å². The van der Waals surface area contributed by atoms with Gasteiger partial charge in [0.05, 0.1) is 0 Å². The van der Waals surface area contributed by atoms with Crippen molar-refractivity contribution in [2.75, 3.05) is 6.54 Å². The molecule has 0 spiro atoms. The normalized spacial score (nSPS) is 12.0. The first-order valence-corrected chi connectivity index (χ1v) is 4.65. The number of hydrogen-bond donors (Lipinski definition) is 1. The molecule has 11 heavy (non-hydrogen) atoms. The molecule has 0 aliphatic carbocycles. The summed E-state index contributed by atoms with van der Waals surface area (Å²) in [6, 6.07) is 4.32. The van der Waals surface area contributed by atoms with Crippen LogP contribution in [-0.4, -0.2) is 6.54 Å². The fourth-order valence-corrected chi connectivity index (χ4v) is 1.88. The van der Waals surface area contributed by atoms with Crippen molar-refractivity contribution in [1.29, 1.82) is 0 Å². The summed E-state index contributed by atoms with van der Waals surface area (Å²) in [6.45, 7) is 7.20. The van der Waals surface area contributed by atoms with Gasteiger partial charge in [-0.3, -0.25) is 0 Å². The van der Waals surface area contributed by atoms with E-state index >= 15 is 0 Å². The van der Waals surface area contributed by atoms with Crippen LogP contribution in [0.25, 0.3) is 0 Å². The van der Waals surface area contributed by atoms with E-state index in [-0.39, 0.29) is 5.41 Å². The summed E-state index contributed by atoms with van der Waals surface area (Å²) >= 11 is 1.84. The van der Waals surface area contributed by atoms with Crippen LogP contribution in [0.3, 0.4) is 0 Å². The average molecular weight is 169 g/mol. The van der Waals surface area contributed by atoms with Gasteiger partial charge in [0, 0.05) is 21.7 Å². The van der Waals surface area contributed by atoms with Crippen molar-refractivity contribution in [3.63, 3.8) is 0 Å². The molecule has 0 aromatic carbocycles. The van der Waals surface area contributed by atoms with E-state index in [1.54, 1.807) is 0 Å². The molecule has 2 heteroatoms. The van der Waals surface area contributed by atoms with Gasteiger partial charge in [-0.25, -0.2) is 0 Å². The fourth-order valence-electron chi connectivity index (χ4n) is 0.899. The van der Waals surface area contributed by atoms with Crippen molar-refractivity contribution < 1.29 is 0 Å². The number of hydrogen-bond acceptors (Lipinski definition) is 2. The van der Waals surface area contributed by atoms with Crippen molar-refractivity contribution in [2.24, 2.45) is 5.73 Å². The van der Waals surface area contributed by atoms with Gasteiger partial charge in [0.2, 0.25) is 0 Å². The third kappa shape index (κ3) is 1.82. The summed E-state index contributed by atoms with van der Waals surface area (Å²) in [5.41, 5.74) is 5.81. The second-order valence-electron chi connectivity index (χ2n) is 3.50. The second-order valence-corrected chi connectivity index (χ2v) is 4.79. The molecule has 2 N–H and O–H groups in total. The predicted octanol–water partition coefficient (Wildman–Crippen LogP) is 2.29. The van der Waals surface area contributed by atoms with Crippen LogP contribution >= 0.6 is 11.3 Å². The first kappa shape index (κ1) is 8.75. The molecule has 1 aromatic rings. The lowest BCUT2D eigenvalue weighted by atomic mass is 9.92. The van der Waals surface area contributed by atoms with Gasteiger partial charge in [0.15, 0.2) is 0 Å². The van der Waals surface area contributed by atoms with Crippen LogP contribution in [0.1, 0.15) is 23.6 Å². The summed E-state index contributed by atoms with van der Waals surface area (Å²) in [5.74, 6) is 0. The van der Waals surface area contributed by atoms with E-state index in [1.807, 2.05) is 11.3 Å². The van der Waals surface area contributed by atoms with Crippen LogP contribution < -0.4 is 5.73 Å². The topological polar surface area (TPSA) is 26.0 Å². The van der Waals surface area contributed by atoms with Gasteiger partial charge in [0.1, 0.15) is 0 Å². The lowest BCUT2D eigenvalue weighted by molar-refractivity contribution is 0.550. The Balaban J connectivity index is 2.92. The molecular weight excluding hydrogens is 154 g/mol. The van der Waals surface area contributed by atoms with Gasteiger partial charge in [-0.05, 0) is 19.1 Å². The number of nitrogens with two attached hydrogens (primary N) is 1. The highest BCUT2D eigenvalue weighted by Gasteiger charge is 2.19. The Labute approximate surface area is 72.2 Å². The van der Waals surface area contributed by atoms with Crippen LogP contribution in [-0.2, 0) is 5.41 Å². The molecule has 1 heterocycles. The highest BCUT2D eigenvalue weighted by Crippen LogP contribution is 2.28. The van der Waals surface area contributed by atoms with E-state index in [1.165, 1.54) is 9.75 Å². The monoisotopic (exact) mass is 169 g/mol. The summed E-state index contributed by atoms with van der Waals surface area (Å²) < 4.78 is 0. The van der Waals surface area contributed by atoms with Gasteiger partial charge in [-0.2, -0.15) is 0 Å². The molecule has 0 radical (unpaired) electrons. The van der Waals surface area contributed by atoms with Gasteiger partial charge >= 0.3 is 0 Å². The first-order chi connectivity index (χ1) is 5.06. The van der Waals surface area contributed by atoms with E-state index in [4.69, 9.17) is 5.73 Å². The summed E-state index contributed by atoms with van der Waals surface area (Å²) in [4.78, 5) is 2.75. The molecule has 0 saturated carbocycles. The molecule has 1 rings (SSSR count). The van der Waals surface area contributed by atoms with Crippen molar-refractivity contribution in [2.45, 2.75) is 26.2 Å². The van der Waals surface area contributed by atoms with E-state index in [2.05, 4.69) is 32.9 Å². The van der Waals surface area contributed by atoms with E-state index < -0.39 is 0 Å². The maximum absolute atomic E-state index is 5.65. The van der Waals surface area contributed by atoms with Gasteiger partial charge in [0.25, 0.3) is 0 Å². The largest absolute Gasteiger partial charge is 0.330 e. The number of aryl methyl sites for hydroxylation is 1. The minimum absolute atomic E-state index is 0.152. The van der Waals surface area contributed by atoms with Crippen LogP contribution in [0, 0.1) is 6.92 Å². The van der Waals surface area contributed by atoms with Crippen LogP contribution in [0.2, 0.25) is 0 Å². The minimum atomic E-state index is 0.152. The van der Waals surface area contributed by atoms with Crippen molar-refractivity contribution >= 4 is 11.3 Å². The molecule has 1 nitrogen and oxygen atoms in total.